The van der Waals surface area contributed by atoms with Gasteiger partial charge < -0.3 is 4.55 Å². The third kappa shape index (κ3) is 3.49. The van der Waals surface area contributed by atoms with E-state index >= 15 is 0 Å². The third-order valence-corrected chi connectivity index (χ3v) is 2.88. The summed E-state index contributed by atoms with van der Waals surface area (Å²) in [7, 11) is 0. The molecule has 1 N–H and O–H groups in total. The Labute approximate surface area is 86.3 Å². The molecule has 1 aliphatic rings. The maximum Gasteiger partial charge on any atom is 0.155 e. The summed E-state index contributed by atoms with van der Waals surface area (Å²) in [5.74, 6) is 0. The molecule has 1 rings (SSSR count). The van der Waals surface area contributed by atoms with Crippen LogP contribution in [0.25, 0.3) is 0 Å². The molecule has 0 aromatic carbocycles. The predicted octanol–water partition coefficient (Wildman–Crippen LogP) is 1.16. The SMILES string of the molecule is O=S(O)C1CCCCC1.[Na]. The van der Waals surface area contributed by atoms with Crippen LogP contribution in [0.4, 0.5) is 0 Å². The van der Waals surface area contributed by atoms with Gasteiger partial charge in [0.15, 0.2) is 11.1 Å². The molecule has 0 bridgehead atoms. The molecule has 1 unspecified atom stereocenters. The summed E-state index contributed by atoms with van der Waals surface area (Å²) < 4.78 is 19.1. The van der Waals surface area contributed by atoms with Gasteiger partial charge in [-0.1, -0.05) is 19.3 Å². The van der Waals surface area contributed by atoms with Gasteiger partial charge in [0.25, 0.3) is 0 Å². The van der Waals surface area contributed by atoms with E-state index in [2.05, 4.69) is 0 Å². The van der Waals surface area contributed by atoms with Crippen LogP contribution in [0.1, 0.15) is 32.1 Å². The molecular weight excluding hydrogens is 159 g/mol. The molecule has 0 heterocycles. The molecule has 1 radical (unpaired) electrons. The zero-order valence-electron chi connectivity index (χ0n) is 6.38. The molecular formula is C6H12NaO2S. The van der Waals surface area contributed by atoms with Crippen LogP contribution in [0.2, 0.25) is 0 Å². The first kappa shape index (κ1) is 11.1. The van der Waals surface area contributed by atoms with Gasteiger partial charge in [-0.05, 0) is 12.8 Å². The summed E-state index contributed by atoms with van der Waals surface area (Å²) in [6.07, 6.45) is 5.41. The van der Waals surface area contributed by atoms with Crippen LogP contribution >= 0.6 is 0 Å². The minimum absolute atomic E-state index is 0. The van der Waals surface area contributed by atoms with Gasteiger partial charge in [-0.2, -0.15) is 0 Å². The Morgan fingerprint density at radius 2 is 1.70 bits per heavy atom. The Kier molecular flexibility index (Phi) is 6.36. The van der Waals surface area contributed by atoms with Crippen molar-refractivity contribution in [3.05, 3.63) is 0 Å². The molecule has 10 heavy (non-hydrogen) atoms. The Hall–Kier alpha value is 1.11. The molecule has 1 saturated carbocycles. The minimum atomic E-state index is -1.55. The molecule has 0 spiro atoms. The van der Waals surface area contributed by atoms with Crippen molar-refractivity contribution in [2.45, 2.75) is 37.4 Å². The molecule has 0 saturated heterocycles. The second-order valence-corrected chi connectivity index (χ2v) is 3.76. The van der Waals surface area contributed by atoms with Crippen molar-refractivity contribution < 1.29 is 8.76 Å². The zero-order valence-corrected chi connectivity index (χ0v) is 9.19. The summed E-state index contributed by atoms with van der Waals surface area (Å²) in [6.45, 7) is 0. The summed E-state index contributed by atoms with van der Waals surface area (Å²) in [5.41, 5.74) is 0. The van der Waals surface area contributed by atoms with Gasteiger partial charge in [0.1, 0.15) is 0 Å². The van der Waals surface area contributed by atoms with E-state index in [9.17, 15) is 4.21 Å². The van der Waals surface area contributed by atoms with Crippen molar-refractivity contribution in [1.29, 1.82) is 0 Å². The van der Waals surface area contributed by atoms with E-state index in [1.54, 1.807) is 0 Å². The van der Waals surface area contributed by atoms with E-state index in [0.717, 1.165) is 25.7 Å². The molecule has 55 valence electrons. The van der Waals surface area contributed by atoms with E-state index in [1.165, 1.54) is 6.42 Å². The van der Waals surface area contributed by atoms with Crippen LogP contribution in [0.5, 0.6) is 0 Å². The van der Waals surface area contributed by atoms with Crippen molar-refractivity contribution in [2.24, 2.45) is 0 Å². The summed E-state index contributed by atoms with van der Waals surface area (Å²) in [5, 5.41) is 0.0822. The second-order valence-electron chi connectivity index (χ2n) is 2.54. The van der Waals surface area contributed by atoms with Gasteiger partial charge in [0.2, 0.25) is 0 Å². The van der Waals surface area contributed by atoms with Crippen LogP contribution < -0.4 is 0 Å². The smallest absolute Gasteiger partial charge is 0.155 e. The van der Waals surface area contributed by atoms with Gasteiger partial charge >= 0.3 is 0 Å². The molecule has 1 atom stereocenters. The van der Waals surface area contributed by atoms with Crippen LogP contribution in [-0.2, 0) is 11.1 Å². The number of hydrogen-bond acceptors (Lipinski definition) is 1. The maximum atomic E-state index is 10.5. The fraction of sp³-hybridized carbons (Fsp3) is 1.00. The minimum Gasteiger partial charge on any atom is -0.306 e. The molecule has 2 nitrogen and oxygen atoms in total. The molecule has 4 heteroatoms. The largest absolute Gasteiger partial charge is 0.306 e. The quantitative estimate of drug-likeness (QED) is 0.475. The molecule has 0 aromatic heterocycles. The predicted molar refractivity (Wildman–Crippen MR) is 43.4 cm³/mol. The molecule has 0 aliphatic heterocycles. The topological polar surface area (TPSA) is 37.3 Å². The second kappa shape index (κ2) is 5.72. The third-order valence-electron chi connectivity index (χ3n) is 1.84. The zero-order chi connectivity index (χ0) is 6.69. The van der Waals surface area contributed by atoms with E-state index in [4.69, 9.17) is 4.55 Å². The maximum absolute atomic E-state index is 10.5. The monoisotopic (exact) mass is 171 g/mol. The van der Waals surface area contributed by atoms with Gasteiger partial charge in [-0.15, -0.1) is 0 Å². The Bertz CT molecular complexity index is 112. The fourth-order valence-corrected chi connectivity index (χ4v) is 2.00. The van der Waals surface area contributed by atoms with Crippen molar-refractivity contribution in [3.63, 3.8) is 0 Å². The molecule has 0 amide bonds. The number of hydrogen-bond donors (Lipinski definition) is 1. The number of rotatable bonds is 1. The normalized spacial score (nSPS) is 23.3. The van der Waals surface area contributed by atoms with Crippen molar-refractivity contribution >= 4 is 40.6 Å². The van der Waals surface area contributed by atoms with E-state index in [-0.39, 0.29) is 34.8 Å². The van der Waals surface area contributed by atoms with E-state index in [0.29, 0.717) is 0 Å². The average Bonchev–Trinajstić information content (AvgIpc) is 1.90. The average molecular weight is 171 g/mol. The van der Waals surface area contributed by atoms with Gasteiger partial charge in [0.05, 0.1) is 5.25 Å². The first-order chi connectivity index (χ1) is 4.30. The summed E-state index contributed by atoms with van der Waals surface area (Å²) in [6, 6.07) is 0. The van der Waals surface area contributed by atoms with E-state index in [1.807, 2.05) is 0 Å². The Balaban J connectivity index is 0.000000810. The van der Waals surface area contributed by atoms with Crippen molar-refractivity contribution in [2.75, 3.05) is 0 Å². The van der Waals surface area contributed by atoms with E-state index < -0.39 is 11.1 Å². The Morgan fingerprint density at radius 3 is 2.00 bits per heavy atom. The molecule has 1 fully saturated rings. The fourth-order valence-electron chi connectivity index (χ4n) is 1.27. The first-order valence-corrected chi connectivity index (χ1v) is 4.57. The molecule has 1 aliphatic carbocycles. The van der Waals surface area contributed by atoms with Gasteiger partial charge in [-0.3, -0.25) is 0 Å². The van der Waals surface area contributed by atoms with Crippen LogP contribution in [0, 0.1) is 0 Å². The van der Waals surface area contributed by atoms with Crippen molar-refractivity contribution in [3.8, 4) is 0 Å². The van der Waals surface area contributed by atoms with Crippen LogP contribution in [-0.4, -0.2) is 43.6 Å². The first-order valence-electron chi connectivity index (χ1n) is 3.40. The summed E-state index contributed by atoms with van der Waals surface area (Å²) >= 11 is -1.55. The van der Waals surface area contributed by atoms with Crippen LogP contribution in [0.3, 0.4) is 0 Å². The van der Waals surface area contributed by atoms with Crippen LogP contribution in [0.15, 0.2) is 0 Å². The standard InChI is InChI=1S/C6H12O2S.Na/c7-9(8)6-4-2-1-3-5-6;/h6H,1-5H2,(H,7,8);. The Morgan fingerprint density at radius 1 is 1.20 bits per heavy atom. The molecule has 0 aromatic rings. The van der Waals surface area contributed by atoms with Gasteiger partial charge in [0, 0.05) is 29.6 Å². The summed E-state index contributed by atoms with van der Waals surface area (Å²) in [4.78, 5) is 0. The van der Waals surface area contributed by atoms with Crippen molar-refractivity contribution in [1.82, 2.24) is 0 Å². The van der Waals surface area contributed by atoms with Gasteiger partial charge in [-0.25, -0.2) is 4.21 Å².